The average molecular weight is 1190 g/mol. The van der Waals surface area contributed by atoms with Crippen LogP contribution in [0.1, 0.15) is 102 Å². The van der Waals surface area contributed by atoms with Crippen LogP contribution < -0.4 is 23.7 Å². The van der Waals surface area contributed by atoms with Crippen LogP contribution in [-0.4, -0.2) is 124 Å². The molecule has 464 valence electrons. The summed E-state index contributed by atoms with van der Waals surface area (Å²) in [5.74, 6) is 3.90. The van der Waals surface area contributed by atoms with E-state index < -0.39 is 56.8 Å². The highest BCUT2D eigenvalue weighted by atomic mass is 28.4. The van der Waals surface area contributed by atoms with Crippen LogP contribution in [0.15, 0.2) is 133 Å². The van der Waals surface area contributed by atoms with E-state index >= 15 is 0 Å². The summed E-state index contributed by atoms with van der Waals surface area (Å²) >= 11 is 0. The van der Waals surface area contributed by atoms with Crippen molar-refractivity contribution in [3.8, 4) is 28.7 Å². The SMILES string of the molecule is COc1ccc(COC[C@@H]2O[C@@H]3CCOC(C[C@@H](OCc4ccc(OC)cc4)[C@]4(C)O[C@H](COCc5ccc(OC)cc5)[C@@H](OCc5ccc(OC)cc5)C[C@H]4O[Si](C(C)C)(C(C)C)C(C)C)O[C@H]3/C=C\C[C@H]2OCc2ccc(OC)cc2)cc1. The average Bonchev–Trinajstić information content (AvgIpc) is 3.77. The fourth-order valence-electron chi connectivity index (χ4n) is 12.3. The van der Waals surface area contributed by atoms with Crippen molar-refractivity contribution in [2.75, 3.05) is 55.4 Å². The van der Waals surface area contributed by atoms with Gasteiger partial charge in [0.05, 0.1) is 119 Å². The molecule has 1 unspecified atom stereocenters. The molecular weight excluding hydrogens is 1100 g/mol. The van der Waals surface area contributed by atoms with Gasteiger partial charge in [-0.15, -0.1) is 0 Å². The smallest absolute Gasteiger partial charge is 0.200 e. The van der Waals surface area contributed by atoms with Gasteiger partial charge in [0.1, 0.15) is 52.7 Å². The Bertz CT molecular complexity index is 2720. The zero-order valence-electron chi connectivity index (χ0n) is 52.2. The van der Waals surface area contributed by atoms with Gasteiger partial charge in [0, 0.05) is 12.8 Å². The number of hydrogen-bond acceptors (Lipinski definition) is 15. The summed E-state index contributed by atoms with van der Waals surface area (Å²) in [6, 6.07) is 39.7. The normalized spacial score (nSPS) is 24.5. The van der Waals surface area contributed by atoms with E-state index in [0.717, 1.165) is 56.6 Å². The van der Waals surface area contributed by atoms with Gasteiger partial charge in [-0.1, -0.05) is 114 Å². The molecule has 0 radical (unpaired) electrons. The molecule has 0 spiro atoms. The predicted molar refractivity (Wildman–Crippen MR) is 330 cm³/mol. The molecular formula is C69H94O15Si. The zero-order valence-corrected chi connectivity index (χ0v) is 53.2. The molecule has 85 heavy (non-hydrogen) atoms. The Balaban J connectivity index is 1.11. The van der Waals surface area contributed by atoms with Crippen molar-refractivity contribution < 1.29 is 70.7 Å². The lowest BCUT2D eigenvalue weighted by Crippen LogP contribution is -2.66. The molecule has 3 aliphatic rings. The first-order chi connectivity index (χ1) is 41.2. The fraction of sp³-hybridized carbons (Fsp3) is 0.536. The van der Waals surface area contributed by atoms with E-state index in [2.05, 4.69) is 60.6 Å². The molecule has 5 aromatic carbocycles. The van der Waals surface area contributed by atoms with E-state index in [1.165, 1.54) is 0 Å². The third-order valence-electron chi connectivity index (χ3n) is 17.1. The quantitative estimate of drug-likeness (QED) is 0.0318. The van der Waals surface area contributed by atoms with E-state index in [4.69, 9.17) is 70.7 Å². The molecule has 10 atom stereocenters. The molecule has 0 aromatic heterocycles. The van der Waals surface area contributed by atoms with Crippen molar-refractivity contribution >= 4 is 8.32 Å². The van der Waals surface area contributed by atoms with Gasteiger partial charge in [-0.3, -0.25) is 0 Å². The highest BCUT2D eigenvalue weighted by Gasteiger charge is 2.57. The van der Waals surface area contributed by atoms with Gasteiger partial charge in [-0.25, -0.2) is 0 Å². The molecule has 15 nitrogen and oxygen atoms in total. The standard InChI is InChI=1S/C69H94O15Si/c1-47(2)85(48(3)4,49(5)6)84-67-38-63(79-43-53-22-32-58(73-11)33-23-53)65(46-76-41-51-18-28-56(71-9)29-19-51)83-69(67,7)66(80-44-54-24-34-59(74-12)35-25-54)39-68-77-37-36-62-61(82-68)15-13-14-60(78-42-52-20-30-57(72-10)31-21-52)64(81-62)45-75-40-50-16-26-55(70-8)27-17-50/h13,15-35,47-49,60-68H,14,36-46H2,1-12H3/b15-13-/t60-,61+,62-,63+,64+,65-,66-,67-,68?,69+/m1/s1. The second-order valence-corrected chi connectivity index (χ2v) is 29.0. The molecule has 3 aliphatic heterocycles. The molecule has 0 saturated carbocycles. The van der Waals surface area contributed by atoms with Crippen LogP contribution in [0.2, 0.25) is 16.6 Å². The van der Waals surface area contributed by atoms with Gasteiger partial charge >= 0.3 is 0 Å². The van der Waals surface area contributed by atoms with E-state index in [1.54, 1.807) is 35.5 Å². The molecule has 2 saturated heterocycles. The first kappa shape index (κ1) is 65.6. The highest BCUT2D eigenvalue weighted by Crippen LogP contribution is 2.48. The Kier molecular flexibility index (Phi) is 24.7. The Hall–Kier alpha value is -5.34. The summed E-state index contributed by atoms with van der Waals surface area (Å²) in [4.78, 5) is 0. The van der Waals surface area contributed by atoms with Crippen molar-refractivity contribution in [2.45, 2.75) is 185 Å². The van der Waals surface area contributed by atoms with E-state index in [1.807, 2.05) is 121 Å². The van der Waals surface area contributed by atoms with Gasteiger partial charge < -0.3 is 70.7 Å². The molecule has 2 fully saturated rings. The van der Waals surface area contributed by atoms with Crippen LogP contribution in [0, 0.1) is 0 Å². The van der Waals surface area contributed by atoms with Crippen LogP contribution in [0.25, 0.3) is 0 Å². The van der Waals surface area contributed by atoms with Crippen LogP contribution in [0.4, 0.5) is 0 Å². The van der Waals surface area contributed by atoms with Crippen LogP contribution in [0.3, 0.4) is 0 Å². The molecule has 3 heterocycles. The van der Waals surface area contributed by atoms with Gasteiger partial charge in [0.15, 0.2) is 6.29 Å². The Labute approximate surface area is 506 Å². The fourth-order valence-corrected chi connectivity index (χ4v) is 17.9. The topological polar surface area (TPSA) is 138 Å². The second kappa shape index (κ2) is 32.0. The minimum Gasteiger partial charge on any atom is -0.497 e. The van der Waals surface area contributed by atoms with Crippen molar-refractivity contribution in [2.24, 2.45) is 0 Å². The van der Waals surface area contributed by atoms with Gasteiger partial charge in [0.25, 0.3) is 0 Å². The lowest BCUT2D eigenvalue weighted by molar-refractivity contribution is -0.285. The summed E-state index contributed by atoms with van der Waals surface area (Å²) in [6.45, 7) is 18.7. The minimum atomic E-state index is -2.62. The number of methoxy groups -OCH3 is 5. The number of benzene rings is 5. The lowest BCUT2D eigenvalue weighted by Gasteiger charge is -2.55. The third kappa shape index (κ3) is 17.7. The zero-order chi connectivity index (χ0) is 60.3. The number of ether oxygens (including phenoxy) is 14. The van der Waals surface area contributed by atoms with Gasteiger partial charge in [0.2, 0.25) is 8.32 Å². The van der Waals surface area contributed by atoms with Crippen molar-refractivity contribution in [1.29, 1.82) is 0 Å². The Morgan fingerprint density at radius 1 is 0.518 bits per heavy atom. The predicted octanol–water partition coefficient (Wildman–Crippen LogP) is 13.6. The van der Waals surface area contributed by atoms with Gasteiger partial charge in [-0.2, -0.15) is 0 Å². The molecule has 5 aromatic rings. The first-order valence-electron chi connectivity index (χ1n) is 30.3. The van der Waals surface area contributed by atoms with E-state index in [0.29, 0.717) is 65.3 Å². The van der Waals surface area contributed by atoms with Crippen molar-refractivity contribution in [1.82, 2.24) is 0 Å². The maximum Gasteiger partial charge on any atom is 0.200 e. The molecule has 0 bridgehead atoms. The van der Waals surface area contributed by atoms with Crippen LogP contribution in [-0.2, 0) is 80.1 Å². The maximum atomic E-state index is 8.00. The lowest BCUT2D eigenvalue weighted by atomic mass is 9.82. The highest BCUT2D eigenvalue weighted by molar-refractivity contribution is 6.77. The largest absolute Gasteiger partial charge is 0.497 e. The Morgan fingerprint density at radius 2 is 0.941 bits per heavy atom. The first-order valence-corrected chi connectivity index (χ1v) is 32.4. The van der Waals surface area contributed by atoms with E-state index in [-0.39, 0.29) is 42.0 Å². The van der Waals surface area contributed by atoms with Crippen molar-refractivity contribution in [3.05, 3.63) is 161 Å². The summed E-state index contributed by atoms with van der Waals surface area (Å²) in [5.41, 5.74) is 4.79. The summed E-state index contributed by atoms with van der Waals surface area (Å²) in [5, 5.41) is 0. The number of hydrogen-bond donors (Lipinski definition) is 0. The summed E-state index contributed by atoms with van der Waals surface area (Å²) < 4.78 is 98.4. The van der Waals surface area contributed by atoms with Crippen LogP contribution >= 0.6 is 0 Å². The van der Waals surface area contributed by atoms with Crippen molar-refractivity contribution in [3.63, 3.8) is 0 Å². The van der Waals surface area contributed by atoms with Crippen LogP contribution in [0.5, 0.6) is 28.7 Å². The minimum absolute atomic E-state index is 0.242. The monoisotopic (exact) mass is 1190 g/mol. The van der Waals surface area contributed by atoms with E-state index in [9.17, 15) is 0 Å². The molecule has 0 N–H and O–H groups in total. The summed E-state index contributed by atoms with van der Waals surface area (Å²) in [7, 11) is 5.72. The Morgan fingerprint density at radius 3 is 1.39 bits per heavy atom. The maximum absolute atomic E-state index is 8.00. The molecule has 0 aliphatic carbocycles. The third-order valence-corrected chi connectivity index (χ3v) is 23.2. The second-order valence-electron chi connectivity index (χ2n) is 23.6. The molecule has 16 heteroatoms. The molecule has 8 rings (SSSR count). The molecule has 0 amide bonds. The number of fused-ring (bicyclic) bond motifs is 1. The summed E-state index contributed by atoms with van der Waals surface area (Å²) in [6.07, 6.45) is 1.81. The number of rotatable bonds is 30. The van der Waals surface area contributed by atoms with Gasteiger partial charge in [-0.05, 0) is 125 Å².